The highest BCUT2D eigenvalue weighted by Gasteiger charge is 2.18. The number of hydrogen-bond donors (Lipinski definition) is 2. The largest absolute Gasteiger partial charge is 0.434 e. The quantitative estimate of drug-likeness (QED) is 0.541. The van der Waals surface area contributed by atoms with Crippen LogP contribution in [0.4, 0.5) is 8.78 Å². The molecule has 0 spiro atoms. The highest BCUT2D eigenvalue weighted by molar-refractivity contribution is 7.09. The topological polar surface area (TPSA) is 58.5 Å². The lowest BCUT2D eigenvalue weighted by Crippen LogP contribution is -2.36. The first-order valence-corrected chi connectivity index (χ1v) is 9.67. The van der Waals surface area contributed by atoms with Crippen molar-refractivity contribution in [3.05, 3.63) is 45.9 Å². The minimum Gasteiger partial charge on any atom is -0.434 e. The predicted molar refractivity (Wildman–Crippen MR) is 106 cm³/mol. The van der Waals surface area contributed by atoms with E-state index in [4.69, 9.17) is 0 Å². The standard InChI is InChI=1S/C19H26F2N4OS/c1-5-22-18(24-11-14-12-27-16(25-14)19(2,3)4)23-10-13-8-6-7-9-15(13)26-17(20)21/h6-9,12,17H,5,10-11H2,1-4H3,(H2,22,23,24). The van der Waals surface area contributed by atoms with Crippen LogP contribution in [0.2, 0.25) is 0 Å². The van der Waals surface area contributed by atoms with E-state index < -0.39 is 6.61 Å². The third-order valence-electron chi connectivity index (χ3n) is 3.57. The van der Waals surface area contributed by atoms with Gasteiger partial charge in [0.25, 0.3) is 0 Å². The summed E-state index contributed by atoms with van der Waals surface area (Å²) in [5, 5.41) is 9.49. The zero-order valence-corrected chi connectivity index (χ0v) is 16.9. The fraction of sp³-hybridized carbons (Fsp3) is 0.474. The third-order valence-corrected chi connectivity index (χ3v) is 4.89. The first-order chi connectivity index (χ1) is 12.8. The summed E-state index contributed by atoms with van der Waals surface area (Å²) >= 11 is 1.64. The maximum atomic E-state index is 12.5. The number of hydrogen-bond acceptors (Lipinski definition) is 4. The monoisotopic (exact) mass is 396 g/mol. The van der Waals surface area contributed by atoms with Gasteiger partial charge in [-0.3, -0.25) is 0 Å². The Morgan fingerprint density at radius 1 is 1.26 bits per heavy atom. The summed E-state index contributed by atoms with van der Waals surface area (Å²) in [4.78, 5) is 9.12. The van der Waals surface area contributed by atoms with E-state index in [1.807, 2.05) is 12.3 Å². The number of ether oxygens (including phenoxy) is 1. The second-order valence-electron chi connectivity index (χ2n) is 6.93. The van der Waals surface area contributed by atoms with E-state index >= 15 is 0 Å². The zero-order chi connectivity index (χ0) is 19.9. The Kier molecular flexibility index (Phi) is 7.53. The molecule has 148 valence electrons. The van der Waals surface area contributed by atoms with Crippen LogP contribution in [0.25, 0.3) is 0 Å². The molecule has 0 aliphatic heterocycles. The number of benzene rings is 1. The van der Waals surface area contributed by atoms with Crippen LogP contribution in [0.5, 0.6) is 5.75 Å². The first-order valence-electron chi connectivity index (χ1n) is 8.79. The summed E-state index contributed by atoms with van der Waals surface area (Å²) in [7, 11) is 0. The van der Waals surface area contributed by atoms with Gasteiger partial charge in [-0.05, 0) is 13.0 Å². The molecule has 1 aromatic heterocycles. The summed E-state index contributed by atoms with van der Waals surface area (Å²) < 4.78 is 29.6. The summed E-state index contributed by atoms with van der Waals surface area (Å²) in [6, 6.07) is 6.66. The van der Waals surface area contributed by atoms with E-state index in [-0.39, 0.29) is 17.7 Å². The lowest BCUT2D eigenvalue weighted by atomic mass is 9.98. The van der Waals surface area contributed by atoms with Crippen molar-refractivity contribution in [1.82, 2.24) is 15.6 Å². The van der Waals surface area contributed by atoms with Crippen LogP contribution in [-0.2, 0) is 18.5 Å². The van der Waals surface area contributed by atoms with Crippen molar-refractivity contribution in [3.8, 4) is 5.75 Å². The molecular weight excluding hydrogens is 370 g/mol. The minimum absolute atomic E-state index is 0.0237. The van der Waals surface area contributed by atoms with Gasteiger partial charge >= 0.3 is 6.61 Å². The normalized spacial score (nSPS) is 12.3. The predicted octanol–water partition coefficient (Wildman–Crippen LogP) is 4.30. The molecule has 0 atom stereocenters. The molecule has 1 aromatic carbocycles. The molecule has 0 fully saturated rings. The fourth-order valence-corrected chi connectivity index (χ4v) is 3.17. The molecule has 0 saturated carbocycles. The molecule has 1 heterocycles. The van der Waals surface area contributed by atoms with Gasteiger partial charge < -0.3 is 15.4 Å². The van der Waals surface area contributed by atoms with Gasteiger partial charge in [0, 0.05) is 22.9 Å². The molecule has 0 bridgehead atoms. The average molecular weight is 397 g/mol. The van der Waals surface area contributed by atoms with E-state index in [0.717, 1.165) is 10.7 Å². The van der Waals surface area contributed by atoms with Crippen molar-refractivity contribution in [2.75, 3.05) is 6.54 Å². The summed E-state index contributed by atoms with van der Waals surface area (Å²) in [5.41, 5.74) is 1.56. The Bertz CT molecular complexity index is 756. The summed E-state index contributed by atoms with van der Waals surface area (Å²) in [5.74, 6) is 0.732. The van der Waals surface area contributed by atoms with Crippen molar-refractivity contribution in [2.45, 2.75) is 52.8 Å². The van der Waals surface area contributed by atoms with Gasteiger partial charge in [0.1, 0.15) is 5.75 Å². The van der Waals surface area contributed by atoms with E-state index in [0.29, 0.717) is 24.6 Å². The van der Waals surface area contributed by atoms with E-state index in [2.05, 4.69) is 46.1 Å². The summed E-state index contributed by atoms with van der Waals surface area (Å²) in [6.07, 6.45) is 0. The number of alkyl halides is 2. The van der Waals surface area contributed by atoms with Gasteiger partial charge in [-0.1, -0.05) is 39.0 Å². The number of para-hydroxylation sites is 1. The van der Waals surface area contributed by atoms with Crippen LogP contribution in [0.1, 0.15) is 44.0 Å². The molecule has 0 saturated heterocycles. The molecule has 0 aliphatic carbocycles. The van der Waals surface area contributed by atoms with Crippen molar-refractivity contribution in [2.24, 2.45) is 4.99 Å². The maximum Gasteiger partial charge on any atom is 0.387 e. The van der Waals surface area contributed by atoms with Crippen LogP contribution in [0.3, 0.4) is 0 Å². The summed E-state index contributed by atoms with van der Waals surface area (Å²) in [6.45, 7) is 6.95. The zero-order valence-electron chi connectivity index (χ0n) is 16.1. The van der Waals surface area contributed by atoms with E-state index in [1.54, 1.807) is 29.5 Å². The van der Waals surface area contributed by atoms with E-state index in [1.165, 1.54) is 6.07 Å². The van der Waals surface area contributed by atoms with Crippen LogP contribution in [0.15, 0.2) is 34.6 Å². The number of rotatable bonds is 7. The van der Waals surface area contributed by atoms with Crippen LogP contribution in [0, 0.1) is 0 Å². The maximum absolute atomic E-state index is 12.5. The van der Waals surface area contributed by atoms with Crippen molar-refractivity contribution >= 4 is 17.3 Å². The number of halogens is 2. The molecule has 0 radical (unpaired) electrons. The first kappa shape index (κ1) is 21.1. The highest BCUT2D eigenvalue weighted by Crippen LogP contribution is 2.25. The molecule has 5 nitrogen and oxygen atoms in total. The van der Waals surface area contributed by atoms with Crippen molar-refractivity contribution in [3.63, 3.8) is 0 Å². The lowest BCUT2D eigenvalue weighted by molar-refractivity contribution is -0.0504. The van der Waals surface area contributed by atoms with Gasteiger partial charge in [-0.15, -0.1) is 11.3 Å². The van der Waals surface area contributed by atoms with Gasteiger partial charge in [0.15, 0.2) is 5.96 Å². The second-order valence-corrected chi connectivity index (χ2v) is 7.79. The molecule has 0 aliphatic rings. The number of nitrogens with one attached hydrogen (secondary N) is 2. The second kappa shape index (κ2) is 9.64. The van der Waals surface area contributed by atoms with Crippen LogP contribution < -0.4 is 15.4 Å². The molecule has 0 amide bonds. The van der Waals surface area contributed by atoms with Gasteiger partial charge in [0.2, 0.25) is 0 Å². The van der Waals surface area contributed by atoms with Gasteiger partial charge in [-0.25, -0.2) is 9.98 Å². The Labute approximate surface area is 162 Å². The minimum atomic E-state index is -2.86. The van der Waals surface area contributed by atoms with Gasteiger partial charge in [0.05, 0.1) is 23.8 Å². The molecule has 27 heavy (non-hydrogen) atoms. The highest BCUT2D eigenvalue weighted by atomic mass is 32.1. The number of guanidine groups is 1. The molecule has 2 N–H and O–H groups in total. The molecular formula is C19H26F2N4OS. The molecule has 8 heteroatoms. The average Bonchev–Trinajstić information content (AvgIpc) is 3.07. The lowest BCUT2D eigenvalue weighted by Gasteiger charge is -2.14. The van der Waals surface area contributed by atoms with Crippen LogP contribution in [-0.4, -0.2) is 24.1 Å². The fourth-order valence-electron chi connectivity index (χ4n) is 2.26. The SMILES string of the molecule is CCNC(=NCc1ccccc1OC(F)F)NCc1csc(C(C)(C)C)n1. The Balaban J connectivity index is 2.03. The number of nitrogens with zero attached hydrogens (tertiary/aromatic N) is 2. The van der Waals surface area contributed by atoms with Gasteiger partial charge in [-0.2, -0.15) is 8.78 Å². The third kappa shape index (κ3) is 6.78. The molecule has 2 rings (SSSR count). The number of thiazole rings is 1. The Morgan fingerprint density at radius 2 is 2.00 bits per heavy atom. The molecule has 0 unspecified atom stereocenters. The van der Waals surface area contributed by atoms with Crippen molar-refractivity contribution < 1.29 is 13.5 Å². The van der Waals surface area contributed by atoms with Crippen molar-refractivity contribution in [1.29, 1.82) is 0 Å². The van der Waals surface area contributed by atoms with Crippen LogP contribution >= 0.6 is 11.3 Å². The Morgan fingerprint density at radius 3 is 2.63 bits per heavy atom. The smallest absolute Gasteiger partial charge is 0.387 e. The molecule has 2 aromatic rings. The Hall–Kier alpha value is -2.22. The number of aliphatic imine (C=N–C) groups is 1. The van der Waals surface area contributed by atoms with E-state index in [9.17, 15) is 8.78 Å². The number of aromatic nitrogens is 1.